The van der Waals surface area contributed by atoms with Gasteiger partial charge in [0.05, 0.1) is 18.9 Å². The number of hydrogen-bond donors (Lipinski definition) is 1. The average Bonchev–Trinajstić information content (AvgIpc) is 2.79. The van der Waals surface area contributed by atoms with E-state index in [1.54, 1.807) is 10.7 Å². The molecule has 0 radical (unpaired) electrons. The number of rotatable bonds is 5. The Kier molecular flexibility index (Phi) is 4.39. The maximum absolute atomic E-state index is 13.4. The van der Waals surface area contributed by atoms with Gasteiger partial charge in [-0.15, -0.1) is 0 Å². The van der Waals surface area contributed by atoms with Crippen molar-refractivity contribution in [1.29, 1.82) is 0 Å². The number of hydrogen-bond acceptors (Lipinski definition) is 3. The fourth-order valence-electron chi connectivity index (χ4n) is 2.13. The summed E-state index contributed by atoms with van der Waals surface area (Å²) in [4.78, 5) is 0. The zero-order valence-corrected chi connectivity index (χ0v) is 11.9. The van der Waals surface area contributed by atoms with Gasteiger partial charge < -0.3 is 9.84 Å². The Morgan fingerprint density at radius 2 is 2.15 bits per heavy atom. The summed E-state index contributed by atoms with van der Waals surface area (Å²) in [5, 5.41) is 14.6. The van der Waals surface area contributed by atoms with Crippen LogP contribution in [0.4, 0.5) is 4.39 Å². The largest absolute Gasteiger partial charge is 0.494 e. The standard InChI is InChI=1S/C15H19FN2O2/c1-4-11-8-12(18(2)17-11)9-14(19)10-5-6-13(16)15(7-10)20-3/h5-8,14,19H,4,9H2,1-3H3. The van der Waals surface area contributed by atoms with Crippen LogP contribution in [0.5, 0.6) is 5.75 Å². The predicted molar refractivity (Wildman–Crippen MR) is 74.2 cm³/mol. The van der Waals surface area contributed by atoms with Crippen LogP contribution in [0.25, 0.3) is 0 Å². The van der Waals surface area contributed by atoms with Gasteiger partial charge in [0.15, 0.2) is 11.6 Å². The van der Waals surface area contributed by atoms with Gasteiger partial charge >= 0.3 is 0 Å². The SMILES string of the molecule is CCc1cc(CC(O)c2ccc(F)c(OC)c2)n(C)n1. The van der Waals surface area contributed by atoms with Gasteiger partial charge in [-0.05, 0) is 30.2 Å². The van der Waals surface area contributed by atoms with Crippen molar-refractivity contribution < 1.29 is 14.2 Å². The molecule has 2 rings (SSSR count). The van der Waals surface area contributed by atoms with E-state index < -0.39 is 11.9 Å². The molecule has 2 aromatic rings. The molecule has 0 aliphatic rings. The lowest BCUT2D eigenvalue weighted by Crippen LogP contribution is -2.07. The minimum atomic E-state index is -0.718. The quantitative estimate of drug-likeness (QED) is 0.913. The molecule has 0 amide bonds. The van der Waals surface area contributed by atoms with Gasteiger partial charge in [0.25, 0.3) is 0 Å². The second kappa shape index (κ2) is 6.05. The number of aliphatic hydroxyl groups excluding tert-OH is 1. The van der Waals surface area contributed by atoms with Crippen LogP contribution >= 0.6 is 0 Å². The lowest BCUT2D eigenvalue weighted by Gasteiger charge is -2.12. The zero-order valence-electron chi connectivity index (χ0n) is 11.9. The maximum Gasteiger partial charge on any atom is 0.165 e. The Bertz CT molecular complexity index is 596. The minimum absolute atomic E-state index is 0.140. The van der Waals surface area contributed by atoms with Crippen molar-refractivity contribution in [2.24, 2.45) is 7.05 Å². The molecular formula is C15H19FN2O2. The summed E-state index contributed by atoms with van der Waals surface area (Å²) in [6.45, 7) is 2.04. The summed E-state index contributed by atoms with van der Waals surface area (Å²) in [5.74, 6) is -0.293. The fraction of sp³-hybridized carbons (Fsp3) is 0.400. The highest BCUT2D eigenvalue weighted by Gasteiger charge is 2.14. The first-order valence-electron chi connectivity index (χ1n) is 6.58. The van der Waals surface area contributed by atoms with E-state index in [2.05, 4.69) is 5.10 Å². The van der Waals surface area contributed by atoms with Crippen molar-refractivity contribution in [3.63, 3.8) is 0 Å². The monoisotopic (exact) mass is 278 g/mol. The summed E-state index contributed by atoms with van der Waals surface area (Å²) < 4.78 is 20.0. The molecule has 0 saturated heterocycles. The molecule has 20 heavy (non-hydrogen) atoms. The third-order valence-corrected chi connectivity index (χ3v) is 3.35. The maximum atomic E-state index is 13.4. The molecule has 0 bridgehead atoms. The normalized spacial score (nSPS) is 12.4. The number of methoxy groups -OCH3 is 1. The van der Waals surface area contributed by atoms with E-state index in [1.165, 1.54) is 19.2 Å². The third-order valence-electron chi connectivity index (χ3n) is 3.35. The van der Waals surface area contributed by atoms with Crippen LogP contribution in [0.1, 0.15) is 30.0 Å². The van der Waals surface area contributed by atoms with E-state index in [4.69, 9.17) is 4.74 Å². The Balaban J connectivity index is 2.18. The minimum Gasteiger partial charge on any atom is -0.494 e. The second-order valence-electron chi connectivity index (χ2n) is 4.72. The van der Waals surface area contributed by atoms with Crippen molar-refractivity contribution in [3.8, 4) is 5.75 Å². The third kappa shape index (κ3) is 2.99. The van der Waals surface area contributed by atoms with Gasteiger partial charge in [-0.25, -0.2) is 4.39 Å². The summed E-state index contributed by atoms with van der Waals surface area (Å²) >= 11 is 0. The lowest BCUT2D eigenvalue weighted by molar-refractivity contribution is 0.175. The highest BCUT2D eigenvalue weighted by molar-refractivity contribution is 5.32. The Morgan fingerprint density at radius 3 is 2.75 bits per heavy atom. The molecule has 4 nitrogen and oxygen atoms in total. The van der Waals surface area contributed by atoms with E-state index in [-0.39, 0.29) is 5.75 Å². The molecule has 0 fully saturated rings. The molecule has 5 heteroatoms. The molecule has 0 spiro atoms. The van der Waals surface area contributed by atoms with Crippen LogP contribution < -0.4 is 4.74 Å². The number of aromatic nitrogens is 2. The summed E-state index contributed by atoms with van der Waals surface area (Å²) in [7, 11) is 3.26. The molecule has 1 unspecified atom stereocenters. The first kappa shape index (κ1) is 14.5. The zero-order chi connectivity index (χ0) is 14.7. The van der Waals surface area contributed by atoms with E-state index in [9.17, 15) is 9.50 Å². The van der Waals surface area contributed by atoms with Gasteiger partial charge in [-0.2, -0.15) is 5.10 Å². The van der Waals surface area contributed by atoms with Crippen molar-refractivity contribution in [3.05, 3.63) is 47.0 Å². The van der Waals surface area contributed by atoms with E-state index in [0.717, 1.165) is 17.8 Å². The van der Waals surface area contributed by atoms with Crippen molar-refractivity contribution >= 4 is 0 Å². The van der Waals surface area contributed by atoms with Gasteiger partial charge in [-0.3, -0.25) is 4.68 Å². The fourth-order valence-corrected chi connectivity index (χ4v) is 2.13. The smallest absolute Gasteiger partial charge is 0.165 e. The number of halogens is 1. The van der Waals surface area contributed by atoms with Crippen LogP contribution in [-0.4, -0.2) is 22.0 Å². The van der Waals surface area contributed by atoms with Crippen molar-refractivity contribution in [2.45, 2.75) is 25.9 Å². The van der Waals surface area contributed by atoms with E-state index in [0.29, 0.717) is 12.0 Å². The number of aliphatic hydroxyl groups is 1. The first-order chi connectivity index (χ1) is 9.55. The molecule has 1 atom stereocenters. The first-order valence-corrected chi connectivity index (χ1v) is 6.58. The molecular weight excluding hydrogens is 259 g/mol. The summed E-state index contributed by atoms with van der Waals surface area (Å²) in [5.41, 5.74) is 2.56. The van der Waals surface area contributed by atoms with Crippen LogP contribution in [-0.2, 0) is 19.9 Å². The molecule has 0 aliphatic heterocycles. The number of aryl methyl sites for hydroxylation is 2. The molecule has 1 aromatic carbocycles. The summed E-state index contributed by atoms with van der Waals surface area (Å²) in [6.07, 6.45) is 0.566. The highest BCUT2D eigenvalue weighted by atomic mass is 19.1. The number of benzene rings is 1. The van der Waals surface area contributed by atoms with Crippen LogP contribution in [0.15, 0.2) is 24.3 Å². The van der Waals surface area contributed by atoms with Crippen molar-refractivity contribution in [1.82, 2.24) is 9.78 Å². The van der Waals surface area contributed by atoms with E-state index >= 15 is 0 Å². The van der Waals surface area contributed by atoms with Crippen LogP contribution in [0.2, 0.25) is 0 Å². The van der Waals surface area contributed by atoms with Crippen LogP contribution in [0.3, 0.4) is 0 Å². The molecule has 1 N–H and O–H groups in total. The van der Waals surface area contributed by atoms with Gasteiger partial charge in [0, 0.05) is 19.2 Å². The molecule has 1 aromatic heterocycles. The predicted octanol–water partition coefficient (Wildman–Crippen LogP) is 2.41. The Hall–Kier alpha value is -1.88. The van der Waals surface area contributed by atoms with Crippen LogP contribution in [0, 0.1) is 5.82 Å². The Labute approximate surface area is 117 Å². The molecule has 0 saturated carbocycles. The molecule has 108 valence electrons. The van der Waals surface area contributed by atoms with Gasteiger partial charge in [0.2, 0.25) is 0 Å². The van der Waals surface area contributed by atoms with Gasteiger partial charge in [0.1, 0.15) is 0 Å². The highest BCUT2D eigenvalue weighted by Crippen LogP contribution is 2.25. The van der Waals surface area contributed by atoms with E-state index in [1.807, 2.05) is 20.0 Å². The molecule has 0 aliphatic carbocycles. The average molecular weight is 278 g/mol. The topological polar surface area (TPSA) is 47.3 Å². The second-order valence-corrected chi connectivity index (χ2v) is 4.72. The lowest BCUT2D eigenvalue weighted by atomic mass is 10.0. The molecule has 1 heterocycles. The number of ether oxygens (including phenoxy) is 1. The van der Waals surface area contributed by atoms with Gasteiger partial charge in [-0.1, -0.05) is 13.0 Å². The summed E-state index contributed by atoms with van der Waals surface area (Å²) in [6, 6.07) is 6.37. The number of nitrogens with zero attached hydrogens (tertiary/aromatic N) is 2. The van der Waals surface area contributed by atoms with Crippen molar-refractivity contribution in [2.75, 3.05) is 7.11 Å². The Morgan fingerprint density at radius 1 is 1.40 bits per heavy atom.